The molecule has 0 aliphatic rings. The molecule has 4 heteroatoms. The van der Waals surface area contributed by atoms with Crippen LogP contribution < -0.4 is 0 Å². The van der Waals surface area contributed by atoms with Crippen LogP contribution in [0.15, 0.2) is 27.7 Å². The Morgan fingerprint density at radius 3 is 2.69 bits per heavy atom. The van der Waals surface area contributed by atoms with Gasteiger partial charge in [0.25, 0.3) is 0 Å². The summed E-state index contributed by atoms with van der Waals surface area (Å²) in [6, 6.07) is 5.16. The van der Waals surface area contributed by atoms with E-state index in [0.29, 0.717) is 11.5 Å². The maximum Gasteiger partial charge on any atom is 0.238 e. The van der Waals surface area contributed by atoms with Crippen LogP contribution in [0.2, 0.25) is 0 Å². The van der Waals surface area contributed by atoms with Gasteiger partial charge in [0.1, 0.15) is 0 Å². The van der Waals surface area contributed by atoms with Gasteiger partial charge in [-0.3, -0.25) is 0 Å². The summed E-state index contributed by atoms with van der Waals surface area (Å²) in [5, 5.41) is 0. The highest BCUT2D eigenvalue weighted by molar-refractivity contribution is 9.10. The minimum atomic E-state index is -1.62. The summed E-state index contributed by atoms with van der Waals surface area (Å²) in [6.07, 6.45) is 0.519. The monoisotopic (exact) mass is 285 g/mol. The van der Waals surface area contributed by atoms with Gasteiger partial charge in [0.05, 0.1) is 0 Å². The maximum atomic E-state index is 13.3. The SMILES string of the molecule is CC(C)Cc1ccc(C(F)N=C=O)cc1Br. The van der Waals surface area contributed by atoms with E-state index in [2.05, 4.69) is 34.8 Å². The van der Waals surface area contributed by atoms with Crippen molar-refractivity contribution in [2.24, 2.45) is 10.9 Å². The Kier molecular flexibility index (Phi) is 4.84. The van der Waals surface area contributed by atoms with Crippen molar-refractivity contribution in [1.29, 1.82) is 0 Å². The van der Waals surface area contributed by atoms with Gasteiger partial charge in [0.15, 0.2) is 0 Å². The third-order valence-corrected chi connectivity index (χ3v) is 2.88. The molecule has 0 bridgehead atoms. The Morgan fingerprint density at radius 2 is 2.19 bits per heavy atom. The summed E-state index contributed by atoms with van der Waals surface area (Å²) in [7, 11) is 0. The van der Waals surface area contributed by atoms with Crippen molar-refractivity contribution in [2.45, 2.75) is 26.6 Å². The highest BCUT2D eigenvalue weighted by Gasteiger charge is 2.10. The number of nitrogens with zero attached hydrogens (tertiary/aromatic N) is 1. The normalized spacial score (nSPS) is 12.3. The van der Waals surface area contributed by atoms with Gasteiger partial charge in [-0.25, -0.2) is 9.18 Å². The molecule has 0 amide bonds. The molecule has 1 aromatic carbocycles. The molecule has 0 spiro atoms. The highest BCUT2D eigenvalue weighted by atomic mass is 79.9. The van der Waals surface area contributed by atoms with Gasteiger partial charge in [-0.15, -0.1) is 0 Å². The van der Waals surface area contributed by atoms with Gasteiger partial charge >= 0.3 is 0 Å². The molecular weight excluding hydrogens is 273 g/mol. The van der Waals surface area contributed by atoms with Crippen molar-refractivity contribution >= 4 is 22.0 Å². The van der Waals surface area contributed by atoms with Crippen LogP contribution in [0, 0.1) is 5.92 Å². The number of alkyl halides is 1. The molecule has 86 valence electrons. The average molecular weight is 286 g/mol. The average Bonchev–Trinajstić information content (AvgIpc) is 2.20. The fourth-order valence-electron chi connectivity index (χ4n) is 1.44. The summed E-state index contributed by atoms with van der Waals surface area (Å²) in [5.41, 5.74) is 1.49. The van der Waals surface area contributed by atoms with Crippen LogP contribution in [0.4, 0.5) is 4.39 Å². The van der Waals surface area contributed by atoms with E-state index in [1.165, 1.54) is 6.08 Å². The van der Waals surface area contributed by atoms with E-state index in [4.69, 9.17) is 0 Å². The number of halogens is 2. The molecule has 0 heterocycles. The molecule has 16 heavy (non-hydrogen) atoms. The first-order valence-electron chi connectivity index (χ1n) is 5.04. The van der Waals surface area contributed by atoms with Crippen LogP contribution in [0.25, 0.3) is 0 Å². The van der Waals surface area contributed by atoms with Crippen LogP contribution >= 0.6 is 15.9 Å². The molecule has 0 aliphatic heterocycles. The molecule has 1 aromatic rings. The Hall–Kier alpha value is -0.990. The second kappa shape index (κ2) is 5.92. The molecule has 0 saturated heterocycles. The van der Waals surface area contributed by atoms with Gasteiger partial charge in [-0.05, 0) is 24.0 Å². The summed E-state index contributed by atoms with van der Waals surface area (Å²) >= 11 is 3.39. The van der Waals surface area contributed by atoms with Gasteiger partial charge in [-0.1, -0.05) is 41.9 Å². The smallest absolute Gasteiger partial charge is 0.215 e. The van der Waals surface area contributed by atoms with Crippen LogP contribution in [0.1, 0.15) is 31.3 Å². The second-order valence-electron chi connectivity index (χ2n) is 4.01. The quantitative estimate of drug-likeness (QED) is 0.468. The van der Waals surface area contributed by atoms with Gasteiger partial charge in [0, 0.05) is 10.0 Å². The van der Waals surface area contributed by atoms with Gasteiger partial charge in [0.2, 0.25) is 12.4 Å². The van der Waals surface area contributed by atoms with Crippen molar-refractivity contribution in [2.75, 3.05) is 0 Å². The minimum Gasteiger partial charge on any atom is -0.215 e. The predicted octanol–water partition coefficient (Wildman–Crippen LogP) is 3.95. The van der Waals surface area contributed by atoms with E-state index < -0.39 is 6.30 Å². The topological polar surface area (TPSA) is 29.4 Å². The number of isocyanates is 1. The molecule has 0 saturated carbocycles. The standard InChI is InChI=1S/C12H13BrFNO/c1-8(2)5-9-3-4-10(6-11(9)13)12(14)15-7-16/h3-4,6,8,12H,5H2,1-2H3. The molecule has 1 unspecified atom stereocenters. The lowest BCUT2D eigenvalue weighted by Gasteiger charge is -2.09. The first-order chi connectivity index (χ1) is 7.54. The van der Waals surface area contributed by atoms with E-state index in [-0.39, 0.29) is 0 Å². The van der Waals surface area contributed by atoms with E-state index in [1.54, 1.807) is 12.1 Å². The van der Waals surface area contributed by atoms with E-state index in [9.17, 15) is 9.18 Å². The molecule has 1 rings (SSSR count). The molecule has 2 nitrogen and oxygen atoms in total. The zero-order valence-corrected chi connectivity index (χ0v) is 10.8. The molecule has 0 N–H and O–H groups in total. The molecule has 0 radical (unpaired) electrons. The summed E-state index contributed by atoms with van der Waals surface area (Å²) < 4.78 is 14.1. The Morgan fingerprint density at radius 1 is 1.50 bits per heavy atom. The van der Waals surface area contributed by atoms with Crippen molar-refractivity contribution < 1.29 is 9.18 Å². The molecular formula is C12H13BrFNO. The lowest BCUT2D eigenvalue weighted by atomic mass is 10.0. The van der Waals surface area contributed by atoms with E-state index >= 15 is 0 Å². The first kappa shape index (κ1) is 13.1. The zero-order valence-electron chi connectivity index (χ0n) is 9.21. The number of aliphatic imine (C=N–C) groups is 1. The van der Waals surface area contributed by atoms with Crippen molar-refractivity contribution in [3.63, 3.8) is 0 Å². The number of hydrogen-bond donors (Lipinski definition) is 0. The largest absolute Gasteiger partial charge is 0.238 e. The highest BCUT2D eigenvalue weighted by Crippen LogP contribution is 2.26. The molecule has 0 aromatic heterocycles. The van der Waals surface area contributed by atoms with Crippen LogP contribution in [-0.4, -0.2) is 6.08 Å². The van der Waals surface area contributed by atoms with Crippen molar-refractivity contribution in [1.82, 2.24) is 0 Å². The van der Waals surface area contributed by atoms with Crippen molar-refractivity contribution in [3.8, 4) is 0 Å². The number of benzene rings is 1. The third-order valence-electron chi connectivity index (χ3n) is 2.15. The predicted molar refractivity (Wildman–Crippen MR) is 64.7 cm³/mol. The summed E-state index contributed by atoms with van der Waals surface area (Å²) in [5.74, 6) is 0.538. The summed E-state index contributed by atoms with van der Waals surface area (Å²) in [4.78, 5) is 13.0. The lowest BCUT2D eigenvalue weighted by molar-refractivity contribution is 0.356. The van der Waals surface area contributed by atoms with Crippen molar-refractivity contribution in [3.05, 3.63) is 33.8 Å². The molecule has 0 aliphatic carbocycles. The maximum absolute atomic E-state index is 13.3. The van der Waals surface area contributed by atoms with Crippen LogP contribution in [-0.2, 0) is 11.2 Å². The lowest BCUT2D eigenvalue weighted by Crippen LogP contribution is -1.96. The number of carbonyl (C=O) groups excluding carboxylic acids is 1. The Labute approximate surface area is 103 Å². The fourth-order valence-corrected chi connectivity index (χ4v) is 2.00. The van der Waals surface area contributed by atoms with Crippen LogP contribution in [0.5, 0.6) is 0 Å². The Bertz CT molecular complexity index is 413. The minimum absolute atomic E-state index is 0.364. The number of rotatable bonds is 4. The molecule has 1 atom stereocenters. The molecule has 0 fully saturated rings. The summed E-state index contributed by atoms with van der Waals surface area (Å²) in [6.45, 7) is 4.24. The first-order valence-corrected chi connectivity index (χ1v) is 5.83. The third kappa shape index (κ3) is 3.54. The van der Waals surface area contributed by atoms with E-state index in [0.717, 1.165) is 16.5 Å². The fraction of sp³-hybridized carbons (Fsp3) is 0.417. The number of hydrogen-bond acceptors (Lipinski definition) is 2. The second-order valence-corrected chi connectivity index (χ2v) is 4.86. The van der Waals surface area contributed by atoms with Crippen LogP contribution in [0.3, 0.4) is 0 Å². The Balaban J connectivity index is 2.94. The van der Waals surface area contributed by atoms with Gasteiger partial charge in [-0.2, -0.15) is 4.99 Å². The van der Waals surface area contributed by atoms with E-state index in [1.807, 2.05) is 6.07 Å². The zero-order chi connectivity index (χ0) is 12.1. The van der Waals surface area contributed by atoms with Gasteiger partial charge < -0.3 is 0 Å².